The fourth-order valence-corrected chi connectivity index (χ4v) is 5.61. The molecular formula is C26H29ClFN5O2. The number of fused-ring (bicyclic) bond motifs is 2. The van der Waals surface area contributed by atoms with Crippen molar-refractivity contribution in [2.45, 2.75) is 66.0 Å². The average Bonchev–Trinajstić information content (AvgIpc) is 2.81. The third-order valence-corrected chi connectivity index (χ3v) is 7.37. The van der Waals surface area contributed by atoms with E-state index in [4.69, 9.17) is 16.3 Å². The number of ether oxygens (including phenoxy) is 1. The van der Waals surface area contributed by atoms with Gasteiger partial charge < -0.3 is 10.1 Å². The largest absolute Gasteiger partial charge is 0.417 e. The van der Waals surface area contributed by atoms with Crippen LogP contribution in [0.1, 0.15) is 62.9 Å². The van der Waals surface area contributed by atoms with Gasteiger partial charge in [0.15, 0.2) is 5.82 Å². The molecule has 1 amide bonds. The van der Waals surface area contributed by atoms with E-state index in [2.05, 4.69) is 32.1 Å². The van der Waals surface area contributed by atoms with Gasteiger partial charge in [-0.05, 0) is 74.9 Å². The summed E-state index contributed by atoms with van der Waals surface area (Å²) >= 11 is 6.16. The smallest absolute Gasteiger partial charge is 0.258 e. The van der Waals surface area contributed by atoms with Crippen molar-refractivity contribution in [3.8, 4) is 11.8 Å². The molecular weight excluding hydrogens is 469 g/mol. The van der Waals surface area contributed by atoms with Crippen molar-refractivity contribution < 1.29 is 13.9 Å². The molecule has 5 rings (SSSR count). The van der Waals surface area contributed by atoms with Gasteiger partial charge >= 0.3 is 0 Å². The number of carbonyl (C=O) groups is 1. The number of likely N-dealkylation sites (N-methyl/N-ethyl adjacent to an activating group) is 1. The van der Waals surface area contributed by atoms with Gasteiger partial charge in [0.2, 0.25) is 11.2 Å². The number of hydrogen-bond acceptors (Lipinski definition) is 6. The average molecular weight is 498 g/mol. The van der Waals surface area contributed by atoms with E-state index in [9.17, 15) is 4.79 Å². The zero-order chi connectivity index (χ0) is 24.9. The second-order valence-electron chi connectivity index (χ2n) is 9.56. The molecule has 2 aliphatic heterocycles. The first-order chi connectivity index (χ1) is 16.8. The predicted molar refractivity (Wildman–Crippen MR) is 132 cm³/mol. The van der Waals surface area contributed by atoms with Crippen LogP contribution in [0.15, 0.2) is 22.9 Å². The van der Waals surface area contributed by atoms with Crippen molar-refractivity contribution in [2.75, 3.05) is 13.1 Å². The fraction of sp³-hybridized carbons (Fsp3) is 0.462. The molecule has 0 spiro atoms. The Morgan fingerprint density at radius 3 is 2.77 bits per heavy atom. The maximum Gasteiger partial charge on any atom is 0.258 e. The molecule has 0 fully saturated rings. The van der Waals surface area contributed by atoms with Crippen LogP contribution in [0.5, 0.6) is 11.8 Å². The molecule has 0 bridgehead atoms. The number of pyridine rings is 1. The number of nitrogens with one attached hydrogen (secondary N) is 1. The quantitative estimate of drug-likeness (QED) is 0.612. The van der Waals surface area contributed by atoms with E-state index in [0.717, 1.165) is 59.5 Å². The van der Waals surface area contributed by atoms with Crippen molar-refractivity contribution in [1.29, 1.82) is 0 Å². The zero-order valence-electron chi connectivity index (χ0n) is 20.5. The van der Waals surface area contributed by atoms with Crippen LogP contribution in [0.25, 0.3) is 5.57 Å². The number of rotatable bonds is 4. The number of amides is 1. The molecule has 1 N–H and O–H groups in total. The zero-order valence-corrected chi connectivity index (χ0v) is 21.2. The predicted octanol–water partition coefficient (Wildman–Crippen LogP) is 4.78. The molecule has 0 aromatic carbocycles. The summed E-state index contributed by atoms with van der Waals surface area (Å²) in [5, 5.41) is 3.08. The van der Waals surface area contributed by atoms with Crippen LogP contribution < -0.4 is 10.1 Å². The Morgan fingerprint density at radius 1 is 1.23 bits per heavy atom. The molecule has 3 aliphatic rings. The minimum atomic E-state index is -0.549. The van der Waals surface area contributed by atoms with Crippen molar-refractivity contribution in [3.05, 3.63) is 56.4 Å². The first-order valence-corrected chi connectivity index (χ1v) is 12.5. The Kier molecular flexibility index (Phi) is 6.36. The third-order valence-electron chi connectivity index (χ3n) is 7.20. The molecule has 35 heavy (non-hydrogen) atoms. The lowest BCUT2D eigenvalue weighted by Gasteiger charge is -2.29. The molecule has 7 nitrogen and oxygen atoms in total. The number of carbonyl (C=O) groups excluding carboxylic acids is 1. The van der Waals surface area contributed by atoms with Crippen molar-refractivity contribution in [1.82, 2.24) is 25.2 Å². The number of aromatic nitrogens is 3. The summed E-state index contributed by atoms with van der Waals surface area (Å²) in [7, 11) is 0. The number of aryl methyl sites for hydroxylation is 1. The maximum absolute atomic E-state index is 15.9. The van der Waals surface area contributed by atoms with Gasteiger partial charge in [0.05, 0.1) is 11.3 Å². The molecule has 0 radical (unpaired) electrons. The summed E-state index contributed by atoms with van der Waals surface area (Å²) in [4.78, 5) is 28.0. The SMILES string of the molecule is CCN1CCc2nc(Cl)nc(Oc3ncc4c(c3F)C(C)=C(C3=C(C)C[C@@H](C)NC3=O)CC4)c2C1. The molecule has 4 heterocycles. The van der Waals surface area contributed by atoms with E-state index < -0.39 is 5.82 Å². The molecule has 0 saturated heterocycles. The molecule has 1 aliphatic carbocycles. The molecule has 1 atom stereocenters. The Morgan fingerprint density at radius 2 is 2.03 bits per heavy atom. The van der Waals surface area contributed by atoms with Crippen LogP contribution in [-0.2, 0) is 24.2 Å². The first-order valence-electron chi connectivity index (χ1n) is 12.1. The first kappa shape index (κ1) is 23.9. The Bertz CT molecular complexity index is 1290. The van der Waals surface area contributed by atoms with Crippen molar-refractivity contribution in [2.24, 2.45) is 0 Å². The van der Waals surface area contributed by atoms with Gasteiger partial charge in [-0.2, -0.15) is 4.98 Å². The van der Waals surface area contributed by atoms with Crippen LogP contribution in [-0.4, -0.2) is 44.9 Å². The van der Waals surface area contributed by atoms with E-state index in [1.54, 1.807) is 6.20 Å². The molecule has 0 saturated carbocycles. The van der Waals surface area contributed by atoms with Crippen LogP contribution in [0.2, 0.25) is 5.28 Å². The highest BCUT2D eigenvalue weighted by atomic mass is 35.5. The van der Waals surface area contributed by atoms with E-state index in [1.807, 2.05) is 20.8 Å². The van der Waals surface area contributed by atoms with Gasteiger partial charge in [-0.1, -0.05) is 12.5 Å². The standard InChI is InChI=1S/C26H29ClFN5O2/c1-5-33-9-8-19-18(12-33)24(32-26(27)31-19)35-25-22(28)21-15(4)17(7-6-16(21)11-29-25)20-13(2)10-14(3)30-23(20)34/h11,14H,5-10,12H2,1-4H3,(H,30,34)/t14-/m1/s1. The fourth-order valence-electron chi connectivity index (χ4n) is 5.44. The highest BCUT2D eigenvalue weighted by Crippen LogP contribution is 2.41. The normalized spacial score (nSPS) is 20.5. The van der Waals surface area contributed by atoms with Crippen LogP contribution in [0.4, 0.5) is 4.39 Å². The molecule has 9 heteroatoms. The van der Waals surface area contributed by atoms with E-state index >= 15 is 4.39 Å². The van der Waals surface area contributed by atoms with Gasteiger partial charge in [0.1, 0.15) is 0 Å². The van der Waals surface area contributed by atoms with Gasteiger partial charge in [0, 0.05) is 42.9 Å². The Hall–Kier alpha value is -2.84. The van der Waals surface area contributed by atoms with Gasteiger partial charge in [-0.25, -0.2) is 14.4 Å². The lowest BCUT2D eigenvalue weighted by atomic mass is 9.80. The summed E-state index contributed by atoms with van der Waals surface area (Å²) in [5.41, 5.74) is 6.23. The number of nitrogens with zero attached hydrogens (tertiary/aromatic N) is 4. The second kappa shape index (κ2) is 9.32. The van der Waals surface area contributed by atoms with Crippen LogP contribution >= 0.6 is 11.6 Å². The van der Waals surface area contributed by atoms with Crippen molar-refractivity contribution >= 4 is 23.1 Å². The summed E-state index contributed by atoms with van der Waals surface area (Å²) in [6.45, 7) is 10.3. The summed E-state index contributed by atoms with van der Waals surface area (Å²) in [6.07, 6.45) is 4.43. The van der Waals surface area contributed by atoms with Gasteiger partial charge in [-0.15, -0.1) is 0 Å². The Labute approximate surface area is 209 Å². The second-order valence-corrected chi connectivity index (χ2v) is 9.90. The van der Waals surface area contributed by atoms with E-state index in [-0.39, 0.29) is 29.0 Å². The van der Waals surface area contributed by atoms with E-state index in [1.165, 1.54) is 0 Å². The van der Waals surface area contributed by atoms with Gasteiger partial charge in [-0.3, -0.25) is 9.69 Å². The molecule has 2 aromatic rings. The number of halogens is 2. The monoisotopic (exact) mass is 497 g/mol. The van der Waals surface area contributed by atoms with Crippen molar-refractivity contribution in [3.63, 3.8) is 0 Å². The highest BCUT2D eigenvalue weighted by Gasteiger charge is 2.31. The highest BCUT2D eigenvalue weighted by molar-refractivity contribution is 6.28. The maximum atomic E-state index is 15.9. The molecule has 184 valence electrons. The lowest BCUT2D eigenvalue weighted by molar-refractivity contribution is -0.118. The topological polar surface area (TPSA) is 80.2 Å². The van der Waals surface area contributed by atoms with E-state index in [0.29, 0.717) is 30.5 Å². The van der Waals surface area contributed by atoms with Crippen LogP contribution in [0, 0.1) is 5.82 Å². The minimum Gasteiger partial charge on any atom is -0.417 e. The molecule has 0 unspecified atom stereocenters. The number of hydrogen-bond donors (Lipinski definition) is 1. The van der Waals surface area contributed by atoms with Gasteiger partial charge in [0.25, 0.3) is 11.8 Å². The lowest BCUT2D eigenvalue weighted by Crippen LogP contribution is -2.39. The third kappa shape index (κ3) is 4.34. The molecule has 2 aromatic heterocycles. The van der Waals surface area contributed by atoms with Crippen LogP contribution in [0.3, 0.4) is 0 Å². The summed E-state index contributed by atoms with van der Waals surface area (Å²) in [5.74, 6) is -0.553. The summed E-state index contributed by atoms with van der Waals surface area (Å²) in [6, 6.07) is 0.0956. The summed E-state index contributed by atoms with van der Waals surface area (Å²) < 4.78 is 21.9. The minimum absolute atomic E-state index is 0.0698. The number of allylic oxidation sites excluding steroid dienone is 1. The Balaban J connectivity index is 1.56.